The van der Waals surface area contributed by atoms with E-state index in [0.717, 1.165) is 0 Å². The Morgan fingerprint density at radius 2 is 1.71 bits per heavy atom. The van der Waals surface area contributed by atoms with Crippen molar-refractivity contribution in [2.24, 2.45) is 0 Å². The maximum atomic E-state index is 12.2. The van der Waals surface area contributed by atoms with Gasteiger partial charge in [-0.15, -0.1) is 0 Å². The van der Waals surface area contributed by atoms with Gasteiger partial charge in [-0.25, -0.2) is 0 Å². The SMILES string of the molecule is Nc1nc(OCC(F)(F)F)ccc1C(F)(F)F. The molecular weight excluding hydrogens is 254 g/mol. The van der Waals surface area contributed by atoms with Gasteiger partial charge in [0.1, 0.15) is 5.82 Å². The molecule has 2 N–H and O–H groups in total. The van der Waals surface area contributed by atoms with Gasteiger partial charge in [-0.1, -0.05) is 0 Å². The number of rotatable bonds is 2. The predicted molar refractivity (Wildman–Crippen MR) is 45.2 cm³/mol. The molecule has 1 rings (SSSR count). The molecule has 0 aliphatic heterocycles. The Morgan fingerprint density at radius 3 is 2.12 bits per heavy atom. The lowest BCUT2D eigenvalue weighted by atomic mass is 10.2. The molecule has 0 aliphatic carbocycles. The van der Waals surface area contributed by atoms with Crippen LogP contribution < -0.4 is 10.5 Å². The van der Waals surface area contributed by atoms with Gasteiger partial charge in [-0.3, -0.25) is 0 Å². The molecule has 1 aromatic heterocycles. The average molecular weight is 260 g/mol. The Kier molecular flexibility index (Phi) is 3.39. The summed E-state index contributed by atoms with van der Waals surface area (Å²) < 4.78 is 76.0. The van der Waals surface area contributed by atoms with E-state index in [9.17, 15) is 26.3 Å². The van der Waals surface area contributed by atoms with Crippen LogP contribution in [0.1, 0.15) is 5.56 Å². The molecule has 0 aliphatic rings. The van der Waals surface area contributed by atoms with Crippen molar-refractivity contribution in [1.82, 2.24) is 4.98 Å². The molecule has 0 amide bonds. The number of nitrogen functional groups attached to an aromatic ring is 1. The van der Waals surface area contributed by atoms with E-state index >= 15 is 0 Å². The van der Waals surface area contributed by atoms with E-state index < -0.39 is 36.2 Å². The smallest absolute Gasteiger partial charge is 0.422 e. The molecule has 0 radical (unpaired) electrons. The number of aromatic nitrogens is 1. The highest BCUT2D eigenvalue weighted by Gasteiger charge is 2.34. The van der Waals surface area contributed by atoms with Crippen LogP contribution in [0.2, 0.25) is 0 Å². The molecule has 0 atom stereocenters. The van der Waals surface area contributed by atoms with Crippen LogP contribution in [-0.2, 0) is 6.18 Å². The summed E-state index contributed by atoms with van der Waals surface area (Å²) >= 11 is 0. The second-order valence-electron chi connectivity index (χ2n) is 2.98. The van der Waals surface area contributed by atoms with Crippen LogP contribution in [0.25, 0.3) is 0 Å². The predicted octanol–water partition coefficient (Wildman–Crippen LogP) is 2.62. The van der Waals surface area contributed by atoms with Gasteiger partial charge in [0, 0.05) is 6.07 Å². The minimum atomic E-state index is -4.71. The minimum Gasteiger partial charge on any atom is -0.468 e. The van der Waals surface area contributed by atoms with Gasteiger partial charge in [-0.2, -0.15) is 31.3 Å². The average Bonchev–Trinajstić information content (AvgIpc) is 2.11. The lowest BCUT2D eigenvalue weighted by molar-refractivity contribution is -0.154. The number of alkyl halides is 6. The Bertz CT molecular complexity index is 400. The Morgan fingerprint density at radius 1 is 1.12 bits per heavy atom. The van der Waals surface area contributed by atoms with Crippen LogP contribution in [0.3, 0.4) is 0 Å². The molecule has 0 fully saturated rings. The lowest BCUT2D eigenvalue weighted by Gasteiger charge is -2.12. The van der Waals surface area contributed by atoms with Crippen LogP contribution in [0.4, 0.5) is 32.2 Å². The zero-order valence-corrected chi connectivity index (χ0v) is 8.06. The van der Waals surface area contributed by atoms with Crippen molar-refractivity contribution in [2.45, 2.75) is 12.4 Å². The summed E-state index contributed by atoms with van der Waals surface area (Å²) in [5.41, 5.74) is 3.73. The first kappa shape index (κ1) is 13.4. The summed E-state index contributed by atoms with van der Waals surface area (Å²) in [5.74, 6) is -1.55. The largest absolute Gasteiger partial charge is 0.468 e. The molecule has 0 unspecified atom stereocenters. The van der Waals surface area contributed by atoms with Gasteiger partial charge in [0.15, 0.2) is 6.61 Å². The van der Waals surface area contributed by atoms with E-state index in [1.807, 2.05) is 0 Å². The third-order valence-electron chi connectivity index (χ3n) is 1.59. The maximum Gasteiger partial charge on any atom is 0.422 e. The molecule has 0 aromatic carbocycles. The summed E-state index contributed by atoms with van der Waals surface area (Å²) in [4.78, 5) is 3.08. The van der Waals surface area contributed by atoms with Gasteiger partial charge in [-0.05, 0) is 6.07 Å². The Labute approximate surface area is 91.2 Å². The first-order valence-electron chi connectivity index (χ1n) is 4.13. The second-order valence-corrected chi connectivity index (χ2v) is 2.98. The summed E-state index contributed by atoms with van der Waals surface area (Å²) in [7, 11) is 0. The highest BCUT2D eigenvalue weighted by Crippen LogP contribution is 2.33. The standard InChI is InChI=1S/C8H6F6N2O/c9-7(10,11)3-17-5-2-1-4(6(15)16-5)8(12,13)14/h1-2H,3H2,(H2,15,16). The summed E-state index contributed by atoms with van der Waals surface area (Å²) in [6.07, 6.45) is -9.31. The lowest BCUT2D eigenvalue weighted by Crippen LogP contribution is -2.20. The molecule has 0 saturated heterocycles. The number of halogens is 6. The van der Waals surface area contributed by atoms with E-state index in [4.69, 9.17) is 5.73 Å². The second kappa shape index (κ2) is 4.30. The third kappa shape index (κ3) is 4.00. The summed E-state index contributed by atoms with van der Waals surface area (Å²) in [6, 6.07) is 1.18. The molecule has 96 valence electrons. The van der Waals surface area contributed by atoms with E-state index in [-0.39, 0.29) is 0 Å². The highest BCUT2D eigenvalue weighted by molar-refractivity contribution is 5.43. The van der Waals surface area contributed by atoms with E-state index in [1.54, 1.807) is 0 Å². The fraction of sp³-hybridized carbons (Fsp3) is 0.375. The maximum absolute atomic E-state index is 12.2. The fourth-order valence-corrected chi connectivity index (χ4v) is 0.932. The van der Waals surface area contributed by atoms with Gasteiger partial charge in [0.25, 0.3) is 0 Å². The molecule has 3 nitrogen and oxygen atoms in total. The normalized spacial score (nSPS) is 12.6. The van der Waals surface area contributed by atoms with Gasteiger partial charge in [0.2, 0.25) is 5.88 Å². The van der Waals surface area contributed by atoms with Gasteiger partial charge < -0.3 is 10.5 Å². The molecular formula is C8H6F6N2O. The van der Waals surface area contributed by atoms with Crippen molar-refractivity contribution >= 4 is 5.82 Å². The third-order valence-corrected chi connectivity index (χ3v) is 1.59. The van der Waals surface area contributed by atoms with E-state index in [2.05, 4.69) is 9.72 Å². The van der Waals surface area contributed by atoms with Crippen molar-refractivity contribution in [2.75, 3.05) is 12.3 Å². The number of hydrogen-bond donors (Lipinski definition) is 1. The molecule has 0 saturated carbocycles. The van der Waals surface area contributed by atoms with Crippen LogP contribution in [-0.4, -0.2) is 17.8 Å². The number of nitrogens with two attached hydrogens (primary N) is 1. The quantitative estimate of drug-likeness (QED) is 0.831. The Hall–Kier alpha value is -1.67. The van der Waals surface area contributed by atoms with E-state index in [1.165, 1.54) is 0 Å². The molecule has 0 spiro atoms. The molecule has 0 bridgehead atoms. The van der Waals surface area contributed by atoms with Crippen LogP contribution in [0.15, 0.2) is 12.1 Å². The number of anilines is 1. The zero-order chi connectivity index (χ0) is 13.3. The first-order valence-corrected chi connectivity index (χ1v) is 4.13. The van der Waals surface area contributed by atoms with Crippen LogP contribution in [0.5, 0.6) is 5.88 Å². The summed E-state index contributed by atoms with van der Waals surface area (Å²) in [5, 5.41) is 0. The number of nitrogens with zero attached hydrogens (tertiary/aromatic N) is 1. The molecule has 1 aromatic rings. The van der Waals surface area contributed by atoms with E-state index in [0.29, 0.717) is 12.1 Å². The van der Waals surface area contributed by atoms with Crippen LogP contribution in [0, 0.1) is 0 Å². The number of ether oxygens (including phenoxy) is 1. The topological polar surface area (TPSA) is 48.1 Å². The van der Waals surface area contributed by atoms with Crippen LogP contribution >= 0.6 is 0 Å². The fourth-order valence-electron chi connectivity index (χ4n) is 0.932. The van der Waals surface area contributed by atoms with Crippen molar-refractivity contribution in [3.63, 3.8) is 0 Å². The zero-order valence-electron chi connectivity index (χ0n) is 8.06. The minimum absolute atomic E-state index is 0.508. The Balaban J connectivity index is 2.83. The number of pyridine rings is 1. The van der Waals surface area contributed by atoms with Crippen molar-refractivity contribution < 1.29 is 31.1 Å². The molecule has 1 heterocycles. The van der Waals surface area contributed by atoms with Gasteiger partial charge >= 0.3 is 12.4 Å². The van der Waals surface area contributed by atoms with Crippen molar-refractivity contribution in [1.29, 1.82) is 0 Å². The van der Waals surface area contributed by atoms with Gasteiger partial charge in [0.05, 0.1) is 5.56 Å². The van der Waals surface area contributed by atoms with Crippen molar-refractivity contribution in [3.8, 4) is 5.88 Å². The first-order chi connectivity index (χ1) is 7.59. The monoisotopic (exact) mass is 260 g/mol. The number of hydrogen-bond acceptors (Lipinski definition) is 3. The summed E-state index contributed by atoms with van der Waals surface area (Å²) in [6.45, 7) is -1.65. The van der Waals surface area contributed by atoms with Crippen molar-refractivity contribution in [3.05, 3.63) is 17.7 Å². The molecule has 17 heavy (non-hydrogen) atoms. The highest BCUT2D eigenvalue weighted by atomic mass is 19.4. The molecule has 9 heteroatoms.